The molecule has 0 unspecified atom stereocenters. The van der Waals surface area contributed by atoms with Crippen LogP contribution in [0, 0.1) is 26.7 Å². The van der Waals surface area contributed by atoms with Crippen molar-refractivity contribution in [2.24, 2.45) is 5.92 Å². The summed E-state index contributed by atoms with van der Waals surface area (Å²) in [5, 5.41) is 11.7. The zero-order chi connectivity index (χ0) is 25.4. The summed E-state index contributed by atoms with van der Waals surface area (Å²) in [7, 11) is 0. The second kappa shape index (κ2) is 9.74. The molecule has 2 fully saturated rings. The molecule has 1 saturated heterocycles. The molecule has 2 atom stereocenters. The van der Waals surface area contributed by atoms with Gasteiger partial charge in [-0.3, -0.25) is 4.79 Å². The average Bonchev–Trinajstić information content (AvgIpc) is 2.86. The SMILES string of the molecule is Cc1ccc(C)c(COc2ccc3c(C)c(CC(=O)N4CC[C@@]5(O)CCCC[C@H]5C4)c(=O)oc3c2)c1. The van der Waals surface area contributed by atoms with E-state index >= 15 is 0 Å². The Morgan fingerprint density at radius 1 is 1.14 bits per heavy atom. The van der Waals surface area contributed by atoms with Crippen LogP contribution in [0.3, 0.4) is 0 Å². The monoisotopic (exact) mass is 489 g/mol. The van der Waals surface area contributed by atoms with Crippen LogP contribution in [0.15, 0.2) is 45.6 Å². The number of aliphatic hydroxyl groups is 1. The second-order valence-electron chi connectivity index (χ2n) is 10.7. The maximum atomic E-state index is 13.2. The topological polar surface area (TPSA) is 80.0 Å². The number of carbonyl (C=O) groups is 1. The minimum atomic E-state index is -0.634. The summed E-state index contributed by atoms with van der Waals surface area (Å²) >= 11 is 0. The Balaban J connectivity index is 1.31. The molecule has 190 valence electrons. The summed E-state index contributed by atoms with van der Waals surface area (Å²) in [4.78, 5) is 27.9. The van der Waals surface area contributed by atoms with Crippen LogP contribution in [0.5, 0.6) is 5.75 Å². The maximum absolute atomic E-state index is 13.2. The van der Waals surface area contributed by atoms with Crippen LogP contribution < -0.4 is 10.4 Å². The van der Waals surface area contributed by atoms with Crippen molar-refractivity contribution in [2.45, 2.75) is 71.5 Å². The van der Waals surface area contributed by atoms with Crippen LogP contribution in [0.1, 0.15) is 59.9 Å². The Morgan fingerprint density at radius 3 is 2.81 bits per heavy atom. The first kappa shape index (κ1) is 24.6. The van der Waals surface area contributed by atoms with Crippen molar-refractivity contribution in [2.75, 3.05) is 13.1 Å². The number of aryl methyl sites for hydroxylation is 3. The molecule has 3 aromatic rings. The highest BCUT2D eigenvalue weighted by atomic mass is 16.5. The molecule has 2 aliphatic rings. The van der Waals surface area contributed by atoms with E-state index in [0.29, 0.717) is 43.0 Å². The van der Waals surface area contributed by atoms with Crippen molar-refractivity contribution in [3.05, 3.63) is 74.6 Å². The first-order chi connectivity index (χ1) is 17.2. The molecule has 0 radical (unpaired) electrons. The van der Waals surface area contributed by atoms with E-state index in [1.165, 1.54) is 11.1 Å². The van der Waals surface area contributed by atoms with E-state index in [2.05, 4.69) is 32.0 Å². The van der Waals surface area contributed by atoms with E-state index in [1.807, 2.05) is 24.0 Å². The predicted octanol–water partition coefficient (Wildman–Crippen LogP) is 4.99. The molecule has 36 heavy (non-hydrogen) atoms. The van der Waals surface area contributed by atoms with Gasteiger partial charge in [-0.15, -0.1) is 0 Å². The zero-order valence-electron chi connectivity index (χ0n) is 21.4. The lowest BCUT2D eigenvalue weighted by Crippen LogP contribution is -2.55. The summed E-state index contributed by atoms with van der Waals surface area (Å²) in [5.41, 5.74) is 3.97. The molecule has 0 spiro atoms. The number of amides is 1. The van der Waals surface area contributed by atoms with E-state index < -0.39 is 11.2 Å². The molecular weight excluding hydrogens is 454 g/mol. The normalized spacial score (nSPS) is 21.9. The molecule has 1 amide bonds. The Bertz CT molecular complexity index is 1360. The number of carbonyl (C=O) groups excluding carboxylic acids is 1. The number of hydrogen-bond acceptors (Lipinski definition) is 5. The van der Waals surface area contributed by atoms with Gasteiger partial charge in [0.15, 0.2) is 0 Å². The van der Waals surface area contributed by atoms with Crippen molar-refractivity contribution in [3.63, 3.8) is 0 Å². The first-order valence-corrected chi connectivity index (χ1v) is 13.0. The largest absolute Gasteiger partial charge is 0.489 e. The number of likely N-dealkylation sites (tertiary alicyclic amines) is 1. The van der Waals surface area contributed by atoms with Gasteiger partial charge in [-0.25, -0.2) is 4.79 Å². The van der Waals surface area contributed by atoms with Crippen LogP contribution in [0.4, 0.5) is 0 Å². The van der Waals surface area contributed by atoms with E-state index in [0.717, 1.165) is 42.2 Å². The zero-order valence-corrected chi connectivity index (χ0v) is 21.4. The van der Waals surface area contributed by atoms with Crippen LogP contribution in [-0.2, 0) is 17.8 Å². The number of ether oxygens (including phenoxy) is 1. The van der Waals surface area contributed by atoms with E-state index in [9.17, 15) is 14.7 Å². The van der Waals surface area contributed by atoms with Crippen molar-refractivity contribution in [1.29, 1.82) is 0 Å². The molecule has 6 heteroatoms. The van der Waals surface area contributed by atoms with Crippen molar-refractivity contribution < 1.29 is 19.1 Å². The Kier molecular flexibility index (Phi) is 6.64. The van der Waals surface area contributed by atoms with Crippen molar-refractivity contribution in [1.82, 2.24) is 4.90 Å². The fraction of sp³-hybridized carbons (Fsp3) is 0.467. The molecule has 5 rings (SSSR count). The summed E-state index contributed by atoms with van der Waals surface area (Å²) in [6, 6.07) is 11.8. The van der Waals surface area contributed by atoms with Gasteiger partial charge in [0.1, 0.15) is 17.9 Å². The van der Waals surface area contributed by atoms with Gasteiger partial charge >= 0.3 is 5.63 Å². The third-order valence-electron chi connectivity index (χ3n) is 8.27. The van der Waals surface area contributed by atoms with Crippen LogP contribution in [-0.4, -0.2) is 34.6 Å². The Morgan fingerprint density at radius 2 is 1.97 bits per heavy atom. The van der Waals surface area contributed by atoms with Gasteiger partial charge in [0.2, 0.25) is 5.91 Å². The van der Waals surface area contributed by atoms with Crippen molar-refractivity contribution in [3.8, 4) is 5.75 Å². The number of rotatable bonds is 5. The minimum absolute atomic E-state index is 0.0140. The van der Waals surface area contributed by atoms with Crippen LogP contribution >= 0.6 is 0 Å². The molecule has 1 saturated carbocycles. The average molecular weight is 490 g/mol. The first-order valence-electron chi connectivity index (χ1n) is 13.0. The molecule has 6 nitrogen and oxygen atoms in total. The molecular formula is C30H35NO5. The highest BCUT2D eigenvalue weighted by Gasteiger charge is 2.43. The van der Waals surface area contributed by atoms with Gasteiger partial charge in [-0.2, -0.15) is 0 Å². The van der Waals surface area contributed by atoms with Crippen molar-refractivity contribution >= 4 is 16.9 Å². The lowest BCUT2D eigenvalue weighted by molar-refractivity contribution is -0.142. The molecule has 1 aromatic heterocycles. The molecule has 2 heterocycles. The lowest BCUT2D eigenvalue weighted by Gasteiger charge is -2.47. The lowest BCUT2D eigenvalue weighted by atomic mass is 9.71. The molecule has 0 bridgehead atoms. The van der Waals surface area contributed by atoms with Gasteiger partial charge in [-0.1, -0.05) is 36.6 Å². The number of benzene rings is 2. The van der Waals surface area contributed by atoms with Gasteiger partial charge in [0.05, 0.1) is 17.6 Å². The van der Waals surface area contributed by atoms with Crippen LogP contribution in [0.25, 0.3) is 11.0 Å². The second-order valence-corrected chi connectivity index (χ2v) is 10.7. The number of hydrogen-bond donors (Lipinski definition) is 1. The van der Waals surface area contributed by atoms with E-state index in [-0.39, 0.29) is 18.2 Å². The molecule has 1 N–H and O–H groups in total. The van der Waals surface area contributed by atoms with Crippen LogP contribution in [0.2, 0.25) is 0 Å². The highest BCUT2D eigenvalue weighted by molar-refractivity contribution is 5.85. The predicted molar refractivity (Wildman–Crippen MR) is 139 cm³/mol. The fourth-order valence-corrected chi connectivity index (χ4v) is 5.85. The fourth-order valence-electron chi connectivity index (χ4n) is 5.85. The molecule has 1 aliphatic heterocycles. The summed E-state index contributed by atoms with van der Waals surface area (Å²) in [6.45, 7) is 7.51. The maximum Gasteiger partial charge on any atom is 0.340 e. The summed E-state index contributed by atoms with van der Waals surface area (Å²) in [6.07, 6.45) is 4.55. The quantitative estimate of drug-likeness (QED) is 0.511. The third kappa shape index (κ3) is 4.79. The third-order valence-corrected chi connectivity index (χ3v) is 8.27. The standard InChI is InChI=1S/C30H35NO5/c1-19-7-8-20(2)22(14-19)18-35-24-9-10-25-21(3)26(29(33)36-27(25)15-24)16-28(32)31-13-12-30(34)11-5-4-6-23(30)17-31/h7-10,14-15,23,34H,4-6,11-13,16-18H2,1-3H3/t23-,30-/m0/s1. The summed E-state index contributed by atoms with van der Waals surface area (Å²) in [5.74, 6) is 0.675. The van der Waals surface area contributed by atoms with Gasteiger partial charge in [0, 0.05) is 30.5 Å². The highest BCUT2D eigenvalue weighted by Crippen LogP contribution is 2.40. The molecule has 2 aromatic carbocycles. The Labute approximate surface area is 211 Å². The van der Waals surface area contributed by atoms with Gasteiger partial charge in [-0.05, 0) is 68.9 Å². The van der Waals surface area contributed by atoms with Gasteiger partial charge < -0.3 is 19.2 Å². The summed E-state index contributed by atoms with van der Waals surface area (Å²) < 4.78 is 11.7. The number of fused-ring (bicyclic) bond motifs is 2. The van der Waals surface area contributed by atoms with E-state index in [4.69, 9.17) is 9.15 Å². The number of nitrogens with zero attached hydrogens (tertiary/aromatic N) is 1. The van der Waals surface area contributed by atoms with Gasteiger partial charge in [0.25, 0.3) is 0 Å². The smallest absolute Gasteiger partial charge is 0.340 e. The minimum Gasteiger partial charge on any atom is -0.489 e. The molecule has 1 aliphatic carbocycles. The van der Waals surface area contributed by atoms with E-state index in [1.54, 1.807) is 6.07 Å². The Hall–Kier alpha value is -3.12. The number of piperidine rings is 1.